The quantitative estimate of drug-likeness (QED) is 0.708. The monoisotopic (exact) mass is 238 g/mol. The molecule has 0 amide bonds. The number of piperazine rings is 1. The van der Waals surface area contributed by atoms with Gasteiger partial charge >= 0.3 is 5.97 Å². The summed E-state index contributed by atoms with van der Waals surface area (Å²) < 4.78 is 5.02. The van der Waals surface area contributed by atoms with E-state index in [0.29, 0.717) is 13.2 Å². The standard InChI is InChI=1S/C11H18N4O2/c1-2-17-11(16)10-7-15(4-3-13-10)6-9-5-12-8-14-9/h5,8,10,13H,2-4,6-7H2,1H3,(H,12,14). The van der Waals surface area contributed by atoms with E-state index in [1.165, 1.54) is 0 Å². The van der Waals surface area contributed by atoms with Gasteiger partial charge in [0, 0.05) is 38.1 Å². The summed E-state index contributed by atoms with van der Waals surface area (Å²) in [6.45, 7) is 5.45. The first-order chi connectivity index (χ1) is 8.29. The number of esters is 1. The van der Waals surface area contributed by atoms with Gasteiger partial charge in [-0.3, -0.25) is 9.69 Å². The molecule has 0 aromatic carbocycles. The molecule has 1 saturated heterocycles. The van der Waals surface area contributed by atoms with E-state index in [0.717, 1.165) is 25.3 Å². The molecule has 0 aliphatic carbocycles. The van der Waals surface area contributed by atoms with Crippen LogP contribution in [0.3, 0.4) is 0 Å². The van der Waals surface area contributed by atoms with Crippen LogP contribution in [0, 0.1) is 0 Å². The Morgan fingerprint density at radius 1 is 1.71 bits per heavy atom. The van der Waals surface area contributed by atoms with E-state index < -0.39 is 0 Å². The first-order valence-corrected chi connectivity index (χ1v) is 5.89. The van der Waals surface area contributed by atoms with Gasteiger partial charge in [-0.25, -0.2) is 4.98 Å². The summed E-state index contributed by atoms with van der Waals surface area (Å²) in [5.41, 5.74) is 1.06. The van der Waals surface area contributed by atoms with E-state index in [1.807, 2.05) is 6.92 Å². The van der Waals surface area contributed by atoms with E-state index in [2.05, 4.69) is 20.2 Å². The van der Waals surface area contributed by atoms with Crippen LogP contribution >= 0.6 is 0 Å². The number of aromatic nitrogens is 2. The molecule has 0 radical (unpaired) electrons. The second-order valence-corrected chi connectivity index (χ2v) is 4.07. The number of nitrogens with one attached hydrogen (secondary N) is 2. The number of hydrogen-bond donors (Lipinski definition) is 2. The number of aromatic amines is 1. The molecule has 2 heterocycles. The highest BCUT2D eigenvalue weighted by Gasteiger charge is 2.26. The topological polar surface area (TPSA) is 70.2 Å². The number of hydrogen-bond acceptors (Lipinski definition) is 5. The average molecular weight is 238 g/mol. The Labute approximate surface area is 100 Å². The minimum absolute atomic E-state index is 0.165. The highest BCUT2D eigenvalue weighted by atomic mass is 16.5. The van der Waals surface area contributed by atoms with Crippen LogP contribution in [0.25, 0.3) is 0 Å². The third kappa shape index (κ3) is 3.28. The molecule has 0 spiro atoms. The molecule has 2 rings (SSSR count). The highest BCUT2D eigenvalue weighted by molar-refractivity contribution is 5.76. The summed E-state index contributed by atoms with van der Waals surface area (Å²) in [4.78, 5) is 20.9. The van der Waals surface area contributed by atoms with Crippen molar-refractivity contribution in [3.63, 3.8) is 0 Å². The van der Waals surface area contributed by atoms with Crippen LogP contribution in [-0.2, 0) is 16.1 Å². The number of nitrogens with zero attached hydrogens (tertiary/aromatic N) is 2. The van der Waals surface area contributed by atoms with Gasteiger partial charge in [-0.1, -0.05) is 0 Å². The maximum atomic E-state index is 11.6. The van der Waals surface area contributed by atoms with Gasteiger partial charge in [-0.2, -0.15) is 0 Å². The summed E-state index contributed by atoms with van der Waals surface area (Å²) in [6.07, 6.45) is 3.47. The zero-order valence-corrected chi connectivity index (χ0v) is 9.98. The number of H-pyrrole nitrogens is 1. The molecule has 1 aromatic heterocycles. The molecule has 94 valence electrons. The van der Waals surface area contributed by atoms with Gasteiger partial charge in [0.15, 0.2) is 0 Å². The van der Waals surface area contributed by atoms with Crippen molar-refractivity contribution in [2.45, 2.75) is 19.5 Å². The lowest BCUT2D eigenvalue weighted by molar-refractivity contribution is -0.146. The van der Waals surface area contributed by atoms with Gasteiger partial charge < -0.3 is 15.0 Å². The average Bonchev–Trinajstić information content (AvgIpc) is 2.82. The SMILES string of the molecule is CCOC(=O)C1CN(Cc2cnc[nH]2)CCN1. The largest absolute Gasteiger partial charge is 0.465 e. The number of carbonyl (C=O) groups excluding carboxylic acids is 1. The molecule has 1 unspecified atom stereocenters. The van der Waals surface area contributed by atoms with Crippen molar-refractivity contribution in [3.05, 3.63) is 18.2 Å². The molecule has 1 fully saturated rings. The van der Waals surface area contributed by atoms with Crippen molar-refractivity contribution in [1.29, 1.82) is 0 Å². The Morgan fingerprint density at radius 2 is 2.59 bits per heavy atom. The number of rotatable bonds is 4. The van der Waals surface area contributed by atoms with Gasteiger partial charge in [0.25, 0.3) is 0 Å². The molecule has 6 heteroatoms. The summed E-state index contributed by atoms with van der Waals surface area (Å²) in [7, 11) is 0. The van der Waals surface area contributed by atoms with E-state index in [-0.39, 0.29) is 12.0 Å². The number of carbonyl (C=O) groups is 1. The van der Waals surface area contributed by atoms with Crippen LogP contribution < -0.4 is 5.32 Å². The number of ether oxygens (including phenoxy) is 1. The smallest absolute Gasteiger partial charge is 0.324 e. The Kier molecular flexibility index (Phi) is 4.11. The van der Waals surface area contributed by atoms with Gasteiger partial charge in [0.05, 0.1) is 12.9 Å². The molecule has 1 aromatic rings. The predicted octanol–water partition coefficient (Wildman–Crippen LogP) is -0.253. The van der Waals surface area contributed by atoms with Crippen molar-refractivity contribution in [2.75, 3.05) is 26.2 Å². The molecule has 0 bridgehead atoms. The predicted molar refractivity (Wildman–Crippen MR) is 62.3 cm³/mol. The first kappa shape index (κ1) is 12.1. The van der Waals surface area contributed by atoms with Crippen molar-refractivity contribution in [1.82, 2.24) is 20.2 Å². The second-order valence-electron chi connectivity index (χ2n) is 4.07. The maximum Gasteiger partial charge on any atom is 0.324 e. The van der Waals surface area contributed by atoms with E-state index in [1.54, 1.807) is 12.5 Å². The third-order valence-corrected chi connectivity index (χ3v) is 2.78. The lowest BCUT2D eigenvalue weighted by Gasteiger charge is -2.31. The van der Waals surface area contributed by atoms with Gasteiger partial charge in [-0.15, -0.1) is 0 Å². The van der Waals surface area contributed by atoms with Crippen molar-refractivity contribution >= 4 is 5.97 Å². The molecule has 1 aliphatic rings. The van der Waals surface area contributed by atoms with E-state index in [9.17, 15) is 4.79 Å². The lowest BCUT2D eigenvalue weighted by atomic mass is 10.2. The van der Waals surface area contributed by atoms with Crippen molar-refractivity contribution in [2.24, 2.45) is 0 Å². The molecule has 1 atom stereocenters. The highest BCUT2D eigenvalue weighted by Crippen LogP contribution is 2.05. The Bertz CT molecular complexity index is 352. The minimum Gasteiger partial charge on any atom is -0.465 e. The van der Waals surface area contributed by atoms with Crippen LogP contribution in [0.2, 0.25) is 0 Å². The van der Waals surface area contributed by atoms with Crippen LogP contribution in [0.1, 0.15) is 12.6 Å². The fourth-order valence-corrected chi connectivity index (χ4v) is 1.97. The molecule has 0 saturated carbocycles. The van der Waals surface area contributed by atoms with E-state index in [4.69, 9.17) is 4.74 Å². The molecule has 6 nitrogen and oxygen atoms in total. The van der Waals surface area contributed by atoms with E-state index >= 15 is 0 Å². The third-order valence-electron chi connectivity index (χ3n) is 2.78. The normalized spacial score (nSPS) is 21.4. The van der Waals surface area contributed by atoms with Crippen LogP contribution in [0.15, 0.2) is 12.5 Å². The lowest BCUT2D eigenvalue weighted by Crippen LogP contribution is -2.54. The van der Waals surface area contributed by atoms with Gasteiger partial charge in [0.2, 0.25) is 0 Å². The Balaban J connectivity index is 1.86. The molecule has 2 N–H and O–H groups in total. The molecular formula is C11H18N4O2. The zero-order valence-electron chi connectivity index (χ0n) is 9.98. The summed E-state index contributed by atoms with van der Waals surface area (Å²) in [5, 5.41) is 3.17. The van der Waals surface area contributed by atoms with Crippen LogP contribution in [-0.4, -0.2) is 53.1 Å². The fourth-order valence-electron chi connectivity index (χ4n) is 1.97. The van der Waals surface area contributed by atoms with Gasteiger partial charge in [0.1, 0.15) is 6.04 Å². The Hall–Kier alpha value is -1.40. The minimum atomic E-state index is -0.216. The van der Waals surface area contributed by atoms with Crippen LogP contribution in [0.4, 0.5) is 0 Å². The first-order valence-electron chi connectivity index (χ1n) is 5.89. The summed E-state index contributed by atoms with van der Waals surface area (Å²) >= 11 is 0. The van der Waals surface area contributed by atoms with Crippen molar-refractivity contribution in [3.8, 4) is 0 Å². The molecule has 1 aliphatic heterocycles. The summed E-state index contributed by atoms with van der Waals surface area (Å²) in [6, 6.07) is -0.216. The number of imidazole rings is 1. The summed E-state index contributed by atoms with van der Waals surface area (Å²) in [5.74, 6) is -0.165. The Morgan fingerprint density at radius 3 is 3.29 bits per heavy atom. The molecule has 17 heavy (non-hydrogen) atoms. The fraction of sp³-hybridized carbons (Fsp3) is 0.636. The van der Waals surface area contributed by atoms with Gasteiger partial charge in [-0.05, 0) is 6.92 Å². The van der Waals surface area contributed by atoms with Crippen molar-refractivity contribution < 1.29 is 9.53 Å². The maximum absolute atomic E-state index is 11.6. The van der Waals surface area contributed by atoms with Crippen LogP contribution in [0.5, 0.6) is 0 Å². The molecular weight excluding hydrogens is 220 g/mol. The zero-order chi connectivity index (χ0) is 12.1. The second kappa shape index (κ2) is 5.79.